The average molecular weight is 545 g/mol. The Bertz CT molecular complexity index is 1580. The van der Waals surface area contributed by atoms with Gasteiger partial charge in [0.25, 0.3) is 5.91 Å². The number of aryl methyl sites for hydroxylation is 1. The van der Waals surface area contributed by atoms with E-state index in [0.717, 1.165) is 34.9 Å². The molecule has 2 aromatic carbocycles. The zero-order valence-electron chi connectivity index (χ0n) is 20.5. The lowest BCUT2D eigenvalue weighted by molar-refractivity contribution is -0.141. The molecule has 0 radical (unpaired) electrons. The molecule has 2 aromatic heterocycles. The molecule has 2 bridgehead atoms. The summed E-state index contributed by atoms with van der Waals surface area (Å²) in [6.07, 6.45) is -0.867. The Hall–Kier alpha value is -4.09. The molecule has 0 N–H and O–H groups in total. The Morgan fingerprint density at radius 2 is 1.74 bits per heavy atom. The minimum Gasteiger partial charge on any atom is -0.327 e. The summed E-state index contributed by atoms with van der Waals surface area (Å²) in [4.78, 5) is 15.5. The predicted octanol–water partition coefficient (Wildman–Crippen LogP) is 6.00. The molecule has 2 aliphatic heterocycles. The maximum absolute atomic E-state index is 14.0. The van der Waals surface area contributed by atoms with Crippen molar-refractivity contribution in [2.75, 3.05) is 0 Å². The SMILES string of the molecule is Cn1nc2c(c1-c1cc(F)c(F)c(F)c1)C[C@H]1CCC[C@@H]2N1C(=O)c1cccc(-n2ccc(C(F)(F)F)n2)c1. The van der Waals surface area contributed by atoms with Gasteiger partial charge < -0.3 is 4.90 Å². The van der Waals surface area contributed by atoms with Crippen molar-refractivity contribution in [1.82, 2.24) is 24.5 Å². The summed E-state index contributed by atoms with van der Waals surface area (Å²) in [7, 11) is 1.63. The van der Waals surface area contributed by atoms with Crippen molar-refractivity contribution in [3.8, 4) is 16.9 Å². The van der Waals surface area contributed by atoms with E-state index >= 15 is 0 Å². The summed E-state index contributed by atoms with van der Waals surface area (Å²) in [5, 5.41) is 8.20. The van der Waals surface area contributed by atoms with Crippen molar-refractivity contribution < 1.29 is 31.1 Å². The van der Waals surface area contributed by atoms with Gasteiger partial charge >= 0.3 is 6.18 Å². The fraction of sp³-hybridized carbons (Fsp3) is 0.296. The summed E-state index contributed by atoms with van der Waals surface area (Å²) in [5.74, 6) is -4.44. The molecule has 1 amide bonds. The predicted molar refractivity (Wildman–Crippen MR) is 127 cm³/mol. The molecule has 39 heavy (non-hydrogen) atoms. The number of hydrogen-bond donors (Lipinski definition) is 0. The molecular weight excluding hydrogens is 524 g/mol. The normalized spacial score (nSPS) is 18.8. The highest BCUT2D eigenvalue weighted by atomic mass is 19.4. The Morgan fingerprint density at radius 3 is 2.44 bits per heavy atom. The number of piperidine rings is 1. The van der Waals surface area contributed by atoms with Gasteiger partial charge in [-0.15, -0.1) is 0 Å². The number of alkyl halides is 3. The fourth-order valence-corrected chi connectivity index (χ4v) is 5.75. The van der Waals surface area contributed by atoms with E-state index in [1.165, 1.54) is 16.9 Å². The van der Waals surface area contributed by atoms with Crippen molar-refractivity contribution in [2.24, 2.45) is 7.05 Å². The number of amides is 1. The van der Waals surface area contributed by atoms with Crippen LogP contribution in [0.15, 0.2) is 48.7 Å². The summed E-state index contributed by atoms with van der Waals surface area (Å²) < 4.78 is 83.3. The molecule has 12 heteroatoms. The van der Waals surface area contributed by atoms with Crippen LogP contribution in [-0.2, 0) is 19.6 Å². The number of fused-ring (bicyclic) bond motifs is 4. The summed E-state index contributed by atoms with van der Waals surface area (Å²) >= 11 is 0. The van der Waals surface area contributed by atoms with Gasteiger partial charge in [-0.3, -0.25) is 9.48 Å². The van der Waals surface area contributed by atoms with E-state index in [1.807, 2.05) is 0 Å². The average Bonchev–Trinajstić information content (AvgIpc) is 3.52. The number of carbonyl (C=O) groups excluding carboxylic acids is 1. The Balaban J connectivity index is 1.36. The van der Waals surface area contributed by atoms with E-state index in [0.29, 0.717) is 36.3 Å². The van der Waals surface area contributed by atoms with Gasteiger partial charge in [-0.25, -0.2) is 17.9 Å². The molecule has 2 atom stereocenters. The molecular formula is C27H21F6N5O. The van der Waals surface area contributed by atoms with E-state index in [9.17, 15) is 31.1 Å². The number of rotatable bonds is 3. The maximum Gasteiger partial charge on any atom is 0.435 e. The van der Waals surface area contributed by atoms with Crippen molar-refractivity contribution in [1.29, 1.82) is 0 Å². The van der Waals surface area contributed by atoms with Crippen LogP contribution in [0, 0.1) is 17.5 Å². The van der Waals surface area contributed by atoms with Crippen LogP contribution in [0.3, 0.4) is 0 Å². The highest BCUT2D eigenvalue weighted by molar-refractivity contribution is 5.95. The van der Waals surface area contributed by atoms with Crippen LogP contribution in [-0.4, -0.2) is 36.4 Å². The molecule has 0 aliphatic carbocycles. The third-order valence-electron chi connectivity index (χ3n) is 7.40. The fourth-order valence-electron chi connectivity index (χ4n) is 5.75. The second kappa shape index (κ2) is 8.99. The zero-order chi connectivity index (χ0) is 27.6. The minimum absolute atomic E-state index is 0.158. The zero-order valence-corrected chi connectivity index (χ0v) is 20.5. The molecule has 0 spiro atoms. The molecule has 2 aliphatic rings. The number of aromatic nitrogens is 4. The lowest BCUT2D eigenvalue weighted by Gasteiger charge is -2.45. The number of carbonyl (C=O) groups is 1. The van der Waals surface area contributed by atoms with Crippen molar-refractivity contribution in [2.45, 2.75) is 43.9 Å². The maximum atomic E-state index is 14.0. The lowest BCUT2D eigenvalue weighted by atomic mass is 9.81. The van der Waals surface area contributed by atoms with Crippen molar-refractivity contribution >= 4 is 5.91 Å². The summed E-state index contributed by atoms with van der Waals surface area (Å²) in [5.41, 5.74) is 1.55. The lowest BCUT2D eigenvalue weighted by Crippen LogP contribution is -2.49. The Morgan fingerprint density at radius 1 is 1.00 bits per heavy atom. The molecule has 4 aromatic rings. The first-order valence-electron chi connectivity index (χ1n) is 12.3. The van der Waals surface area contributed by atoms with Gasteiger partial charge in [0.05, 0.1) is 23.1 Å². The standard InChI is InChI=1S/C27H21F6N5O/c1-36-25(15-11-19(28)23(30)20(29)12-15)18-13-17-6-3-7-21(24(18)35-36)38(17)26(39)14-4-2-5-16(10-14)37-9-8-22(34-37)27(31,32)33/h2,4-5,8-12,17,21H,3,6-7,13H2,1H3/t17-,21+/m1/s1. The second-order valence-corrected chi connectivity index (χ2v) is 9.80. The number of nitrogens with zero attached hydrogens (tertiary/aromatic N) is 5. The molecule has 6 nitrogen and oxygen atoms in total. The van der Waals surface area contributed by atoms with Crippen LogP contribution >= 0.6 is 0 Å². The molecule has 0 unspecified atom stereocenters. The number of benzene rings is 2. The second-order valence-electron chi connectivity index (χ2n) is 9.80. The third-order valence-corrected chi connectivity index (χ3v) is 7.40. The first-order chi connectivity index (χ1) is 18.5. The van der Waals surface area contributed by atoms with Crippen LogP contribution in [0.25, 0.3) is 16.9 Å². The topological polar surface area (TPSA) is 56.0 Å². The molecule has 0 saturated carbocycles. The van der Waals surface area contributed by atoms with Gasteiger partial charge in [-0.1, -0.05) is 6.07 Å². The summed E-state index contributed by atoms with van der Waals surface area (Å²) in [6, 6.07) is 8.34. The molecule has 6 rings (SSSR count). The Kier molecular flexibility index (Phi) is 5.81. The monoisotopic (exact) mass is 545 g/mol. The van der Waals surface area contributed by atoms with Gasteiger partial charge in [0, 0.05) is 36.0 Å². The van der Waals surface area contributed by atoms with Crippen LogP contribution in [0.4, 0.5) is 26.3 Å². The highest BCUT2D eigenvalue weighted by Crippen LogP contribution is 2.45. The van der Waals surface area contributed by atoms with E-state index in [-0.39, 0.29) is 23.1 Å². The van der Waals surface area contributed by atoms with Gasteiger partial charge in [0.2, 0.25) is 0 Å². The first kappa shape index (κ1) is 25.2. The number of hydrogen-bond acceptors (Lipinski definition) is 3. The quantitative estimate of drug-likeness (QED) is 0.234. The van der Waals surface area contributed by atoms with E-state index in [2.05, 4.69) is 10.2 Å². The van der Waals surface area contributed by atoms with Crippen LogP contribution in [0.5, 0.6) is 0 Å². The largest absolute Gasteiger partial charge is 0.435 e. The molecule has 1 saturated heterocycles. The minimum atomic E-state index is -4.59. The van der Waals surface area contributed by atoms with Crippen molar-refractivity contribution in [3.63, 3.8) is 0 Å². The Labute approximate surface area is 218 Å². The van der Waals surface area contributed by atoms with Crippen LogP contribution in [0.2, 0.25) is 0 Å². The van der Waals surface area contributed by atoms with Crippen LogP contribution < -0.4 is 0 Å². The molecule has 1 fully saturated rings. The van der Waals surface area contributed by atoms with Gasteiger partial charge in [0.15, 0.2) is 23.1 Å². The van der Waals surface area contributed by atoms with E-state index in [1.54, 1.807) is 30.1 Å². The third kappa shape index (κ3) is 4.18. The first-order valence-corrected chi connectivity index (χ1v) is 12.3. The van der Waals surface area contributed by atoms with E-state index < -0.39 is 35.4 Å². The van der Waals surface area contributed by atoms with Gasteiger partial charge in [-0.05, 0) is 62.1 Å². The van der Waals surface area contributed by atoms with Crippen LogP contribution in [0.1, 0.15) is 52.6 Å². The number of halogens is 6. The van der Waals surface area contributed by atoms with Crippen molar-refractivity contribution in [3.05, 3.63) is 88.6 Å². The van der Waals surface area contributed by atoms with Gasteiger partial charge in [-0.2, -0.15) is 23.4 Å². The molecule has 202 valence electrons. The summed E-state index contributed by atoms with van der Waals surface area (Å²) in [6.45, 7) is 0. The van der Waals surface area contributed by atoms with Gasteiger partial charge in [0.1, 0.15) is 0 Å². The highest BCUT2D eigenvalue weighted by Gasteiger charge is 2.43. The smallest absolute Gasteiger partial charge is 0.327 e. The molecule has 4 heterocycles. The van der Waals surface area contributed by atoms with E-state index in [4.69, 9.17) is 0 Å².